The SMILES string of the molecule is CC(C)(c1ccc(C=O)[nH]1)c1ccc(C=O)[nH]1.CC(C)(c1ccc(C=O)[nH]1)c1ccc(C=O)[nH]1. The second-order valence-corrected chi connectivity index (χ2v) is 9.03. The zero-order valence-corrected chi connectivity index (χ0v) is 19.6. The molecule has 0 aliphatic carbocycles. The molecule has 0 amide bonds. The van der Waals surface area contributed by atoms with Crippen LogP contribution in [0.15, 0.2) is 48.5 Å². The monoisotopic (exact) mass is 460 g/mol. The lowest BCUT2D eigenvalue weighted by molar-refractivity contribution is 0.111. The molecule has 0 aliphatic heterocycles. The molecular weight excluding hydrogens is 432 g/mol. The van der Waals surface area contributed by atoms with Crippen molar-refractivity contribution in [1.29, 1.82) is 0 Å². The molecule has 0 aliphatic rings. The molecule has 4 N–H and O–H groups in total. The van der Waals surface area contributed by atoms with Gasteiger partial charge in [0.15, 0.2) is 25.1 Å². The summed E-state index contributed by atoms with van der Waals surface area (Å²) in [6.45, 7) is 8.09. The van der Waals surface area contributed by atoms with Crippen molar-refractivity contribution in [1.82, 2.24) is 19.9 Å². The Balaban J connectivity index is 0.000000191. The normalized spacial score (nSPS) is 11.4. The molecule has 8 heteroatoms. The molecule has 0 unspecified atom stereocenters. The smallest absolute Gasteiger partial charge is 0.166 e. The molecule has 0 aromatic carbocycles. The Morgan fingerprint density at radius 3 is 0.794 bits per heavy atom. The molecule has 0 atom stereocenters. The summed E-state index contributed by atoms with van der Waals surface area (Å²) >= 11 is 0. The predicted molar refractivity (Wildman–Crippen MR) is 129 cm³/mol. The highest BCUT2D eigenvalue weighted by molar-refractivity contribution is 5.74. The lowest BCUT2D eigenvalue weighted by atomic mass is 9.86. The van der Waals surface area contributed by atoms with Crippen LogP contribution in [0.25, 0.3) is 0 Å². The van der Waals surface area contributed by atoms with Crippen LogP contribution in [-0.4, -0.2) is 45.1 Å². The van der Waals surface area contributed by atoms with Crippen LogP contribution in [-0.2, 0) is 10.8 Å². The van der Waals surface area contributed by atoms with Gasteiger partial charge >= 0.3 is 0 Å². The molecule has 4 aromatic rings. The first-order valence-electron chi connectivity index (χ1n) is 10.7. The van der Waals surface area contributed by atoms with Gasteiger partial charge in [-0.25, -0.2) is 0 Å². The minimum absolute atomic E-state index is 0.303. The van der Waals surface area contributed by atoms with E-state index in [9.17, 15) is 19.2 Å². The molecule has 0 radical (unpaired) electrons. The molecule has 176 valence electrons. The average Bonchev–Trinajstić information content (AvgIpc) is 3.65. The summed E-state index contributed by atoms with van der Waals surface area (Å²) in [5, 5.41) is 0. The van der Waals surface area contributed by atoms with Gasteiger partial charge in [0.2, 0.25) is 0 Å². The van der Waals surface area contributed by atoms with E-state index in [1.165, 1.54) is 0 Å². The van der Waals surface area contributed by atoms with Gasteiger partial charge in [0.1, 0.15) is 0 Å². The van der Waals surface area contributed by atoms with Crippen molar-refractivity contribution in [2.45, 2.75) is 38.5 Å². The predicted octanol–water partition coefficient (Wildman–Crippen LogP) is 4.59. The summed E-state index contributed by atoms with van der Waals surface area (Å²) < 4.78 is 0. The van der Waals surface area contributed by atoms with Crippen molar-refractivity contribution in [2.75, 3.05) is 0 Å². The number of aldehydes is 4. The van der Waals surface area contributed by atoms with Gasteiger partial charge in [0, 0.05) is 33.6 Å². The highest BCUT2D eigenvalue weighted by atomic mass is 16.1. The lowest BCUT2D eigenvalue weighted by Gasteiger charge is -2.22. The van der Waals surface area contributed by atoms with Gasteiger partial charge in [-0.1, -0.05) is 0 Å². The van der Waals surface area contributed by atoms with E-state index in [-0.39, 0.29) is 10.8 Å². The number of hydrogen-bond acceptors (Lipinski definition) is 4. The van der Waals surface area contributed by atoms with Crippen molar-refractivity contribution in [2.24, 2.45) is 0 Å². The van der Waals surface area contributed by atoms with E-state index >= 15 is 0 Å². The number of carbonyl (C=O) groups is 4. The molecule has 0 bridgehead atoms. The number of rotatable bonds is 8. The zero-order chi connectivity index (χ0) is 24.9. The Bertz CT molecular complexity index is 1100. The minimum Gasteiger partial charge on any atom is -0.355 e. The van der Waals surface area contributed by atoms with Gasteiger partial charge in [-0.15, -0.1) is 0 Å². The van der Waals surface area contributed by atoms with Gasteiger partial charge in [0.25, 0.3) is 0 Å². The summed E-state index contributed by atoms with van der Waals surface area (Å²) in [5.41, 5.74) is 5.32. The first kappa shape index (κ1) is 24.4. The Hall–Kier alpha value is -4.20. The van der Waals surface area contributed by atoms with Crippen molar-refractivity contribution in [3.8, 4) is 0 Å². The van der Waals surface area contributed by atoms with Gasteiger partial charge in [0.05, 0.1) is 22.8 Å². The molecule has 8 nitrogen and oxygen atoms in total. The zero-order valence-electron chi connectivity index (χ0n) is 19.6. The number of H-pyrrole nitrogens is 4. The van der Waals surface area contributed by atoms with E-state index < -0.39 is 0 Å². The van der Waals surface area contributed by atoms with Gasteiger partial charge in [-0.2, -0.15) is 0 Å². The topological polar surface area (TPSA) is 131 Å². The Morgan fingerprint density at radius 2 is 0.647 bits per heavy atom. The minimum atomic E-state index is -0.303. The number of nitrogens with one attached hydrogen (secondary N) is 4. The van der Waals surface area contributed by atoms with Crippen LogP contribution in [0.2, 0.25) is 0 Å². The fourth-order valence-electron chi connectivity index (χ4n) is 3.67. The molecule has 4 heterocycles. The number of aromatic amines is 4. The van der Waals surface area contributed by atoms with E-state index in [2.05, 4.69) is 19.9 Å². The van der Waals surface area contributed by atoms with Crippen LogP contribution >= 0.6 is 0 Å². The third-order valence-corrected chi connectivity index (χ3v) is 6.04. The maximum Gasteiger partial charge on any atom is 0.166 e. The van der Waals surface area contributed by atoms with Crippen molar-refractivity contribution >= 4 is 25.1 Å². The van der Waals surface area contributed by atoms with E-state index in [0.717, 1.165) is 47.9 Å². The molecule has 0 saturated carbocycles. The highest BCUT2D eigenvalue weighted by Gasteiger charge is 2.27. The van der Waals surface area contributed by atoms with Crippen molar-refractivity contribution in [3.05, 3.63) is 94.1 Å². The van der Waals surface area contributed by atoms with Crippen molar-refractivity contribution in [3.63, 3.8) is 0 Å². The molecule has 34 heavy (non-hydrogen) atoms. The molecule has 4 aromatic heterocycles. The van der Waals surface area contributed by atoms with Gasteiger partial charge in [-0.05, 0) is 76.2 Å². The lowest BCUT2D eigenvalue weighted by Crippen LogP contribution is -2.20. The Morgan fingerprint density at radius 1 is 0.441 bits per heavy atom. The van der Waals surface area contributed by atoms with Crippen LogP contribution in [0.3, 0.4) is 0 Å². The fraction of sp³-hybridized carbons (Fsp3) is 0.231. The van der Waals surface area contributed by atoms with Crippen LogP contribution in [0.1, 0.15) is 92.4 Å². The molecule has 0 fully saturated rings. The summed E-state index contributed by atoms with van der Waals surface area (Å²) in [6, 6.07) is 14.5. The summed E-state index contributed by atoms with van der Waals surface area (Å²) in [5.74, 6) is 0. The van der Waals surface area contributed by atoms with Crippen LogP contribution in [0.4, 0.5) is 0 Å². The number of aromatic nitrogens is 4. The largest absolute Gasteiger partial charge is 0.355 e. The standard InChI is InChI=1S/2C13H14N2O2/c2*1-13(2,11-5-3-9(7-16)14-11)12-6-4-10(8-17)15-12/h2*3-8,14-15H,1-2H3. The van der Waals surface area contributed by atoms with E-state index in [1.54, 1.807) is 24.3 Å². The summed E-state index contributed by atoms with van der Waals surface area (Å²) in [4.78, 5) is 54.8. The van der Waals surface area contributed by atoms with E-state index in [0.29, 0.717) is 22.8 Å². The highest BCUT2D eigenvalue weighted by Crippen LogP contribution is 2.30. The van der Waals surface area contributed by atoms with E-state index in [1.807, 2.05) is 52.0 Å². The number of hydrogen-bond donors (Lipinski definition) is 4. The Kier molecular flexibility index (Phi) is 7.00. The molecule has 4 rings (SSSR count). The second kappa shape index (κ2) is 9.74. The molecular formula is C26H28N4O4. The maximum atomic E-state index is 10.6. The molecule has 0 spiro atoms. The van der Waals surface area contributed by atoms with Crippen LogP contribution in [0, 0.1) is 0 Å². The second-order valence-electron chi connectivity index (χ2n) is 9.03. The van der Waals surface area contributed by atoms with Crippen LogP contribution in [0.5, 0.6) is 0 Å². The first-order valence-corrected chi connectivity index (χ1v) is 10.7. The van der Waals surface area contributed by atoms with E-state index in [4.69, 9.17) is 0 Å². The van der Waals surface area contributed by atoms with Gasteiger partial charge in [-0.3, -0.25) is 19.2 Å². The fourth-order valence-corrected chi connectivity index (χ4v) is 3.67. The van der Waals surface area contributed by atoms with Crippen LogP contribution < -0.4 is 0 Å². The quantitative estimate of drug-likeness (QED) is 0.286. The number of carbonyl (C=O) groups excluding carboxylic acids is 4. The Labute approximate surface area is 197 Å². The first-order chi connectivity index (χ1) is 16.1. The summed E-state index contributed by atoms with van der Waals surface area (Å²) in [6.07, 6.45) is 3.13. The molecule has 0 saturated heterocycles. The van der Waals surface area contributed by atoms with Crippen molar-refractivity contribution < 1.29 is 19.2 Å². The average molecular weight is 461 g/mol. The summed E-state index contributed by atoms with van der Waals surface area (Å²) in [7, 11) is 0. The maximum absolute atomic E-state index is 10.6. The third kappa shape index (κ3) is 4.91. The van der Waals surface area contributed by atoms with Gasteiger partial charge < -0.3 is 19.9 Å². The third-order valence-electron chi connectivity index (χ3n) is 6.04.